The van der Waals surface area contributed by atoms with Crippen molar-refractivity contribution in [2.45, 2.75) is 31.6 Å². The van der Waals surface area contributed by atoms with Crippen LogP contribution >= 0.6 is 0 Å². The zero-order valence-corrected chi connectivity index (χ0v) is 10.2. The summed E-state index contributed by atoms with van der Waals surface area (Å²) in [5.41, 5.74) is 2.06. The van der Waals surface area contributed by atoms with Gasteiger partial charge in [0.15, 0.2) is 0 Å². The van der Waals surface area contributed by atoms with E-state index in [9.17, 15) is 9.18 Å². The zero-order valence-electron chi connectivity index (χ0n) is 10.2. The highest BCUT2D eigenvalue weighted by atomic mass is 19.1. The van der Waals surface area contributed by atoms with Crippen LogP contribution in [0.3, 0.4) is 0 Å². The van der Waals surface area contributed by atoms with E-state index in [0.717, 1.165) is 30.5 Å². The van der Waals surface area contributed by atoms with E-state index in [1.807, 2.05) is 0 Å². The van der Waals surface area contributed by atoms with Crippen LogP contribution in [0.4, 0.5) is 4.39 Å². The van der Waals surface area contributed by atoms with Crippen LogP contribution in [-0.4, -0.2) is 34.1 Å². The molecule has 1 N–H and O–H groups in total. The van der Waals surface area contributed by atoms with Gasteiger partial charge in [-0.15, -0.1) is 0 Å². The highest BCUT2D eigenvalue weighted by Crippen LogP contribution is 2.32. The van der Waals surface area contributed by atoms with Crippen LogP contribution < -0.4 is 0 Å². The second-order valence-corrected chi connectivity index (χ2v) is 4.95. The fourth-order valence-corrected chi connectivity index (χ4v) is 2.82. The predicted molar refractivity (Wildman–Crippen MR) is 64.7 cm³/mol. The summed E-state index contributed by atoms with van der Waals surface area (Å²) in [6.07, 6.45) is 6.77. The van der Waals surface area contributed by atoms with E-state index in [4.69, 9.17) is 0 Å². The van der Waals surface area contributed by atoms with Crippen LogP contribution in [0.5, 0.6) is 0 Å². The van der Waals surface area contributed by atoms with Crippen LogP contribution in [0.15, 0.2) is 18.1 Å². The molecule has 1 aliphatic heterocycles. The standard InChI is InChI=1S/C13H16FN3O/c14-10-4-2-6-17(8-10)13(18)11-5-1-3-9-7-15-16-12(9)11/h4,7,11H,1-3,5-6,8H2,(H,15,16). The van der Waals surface area contributed by atoms with Gasteiger partial charge in [-0.1, -0.05) is 0 Å². The molecule has 3 rings (SSSR count). The maximum absolute atomic E-state index is 13.2. The largest absolute Gasteiger partial charge is 0.335 e. The van der Waals surface area contributed by atoms with E-state index < -0.39 is 0 Å². The lowest BCUT2D eigenvalue weighted by atomic mass is 9.87. The van der Waals surface area contributed by atoms with Crippen molar-refractivity contribution < 1.29 is 9.18 Å². The van der Waals surface area contributed by atoms with Crippen LogP contribution in [0.2, 0.25) is 0 Å². The second-order valence-electron chi connectivity index (χ2n) is 4.95. The monoisotopic (exact) mass is 249 g/mol. The Kier molecular flexibility index (Phi) is 2.89. The third-order valence-corrected chi connectivity index (χ3v) is 3.76. The molecule has 18 heavy (non-hydrogen) atoms. The molecule has 96 valence electrons. The summed E-state index contributed by atoms with van der Waals surface area (Å²) in [5, 5.41) is 6.95. The molecule has 0 aromatic carbocycles. The van der Waals surface area contributed by atoms with E-state index >= 15 is 0 Å². The first-order chi connectivity index (χ1) is 8.75. The van der Waals surface area contributed by atoms with E-state index in [-0.39, 0.29) is 24.2 Å². The van der Waals surface area contributed by atoms with Gasteiger partial charge in [0.1, 0.15) is 5.83 Å². The number of aromatic nitrogens is 2. The van der Waals surface area contributed by atoms with Crippen LogP contribution in [0.25, 0.3) is 0 Å². The molecule has 0 spiro atoms. The Morgan fingerprint density at radius 3 is 3.28 bits per heavy atom. The molecule has 1 aromatic heterocycles. The molecule has 0 saturated heterocycles. The third-order valence-electron chi connectivity index (χ3n) is 3.76. The summed E-state index contributed by atoms with van der Waals surface area (Å²) in [5.74, 6) is -0.333. The number of fused-ring (bicyclic) bond motifs is 1. The van der Waals surface area contributed by atoms with Gasteiger partial charge < -0.3 is 4.90 Å². The van der Waals surface area contributed by atoms with Crippen molar-refractivity contribution in [1.29, 1.82) is 0 Å². The number of nitrogens with one attached hydrogen (secondary N) is 1. The van der Waals surface area contributed by atoms with Crippen molar-refractivity contribution >= 4 is 5.91 Å². The van der Waals surface area contributed by atoms with Crippen molar-refractivity contribution in [3.63, 3.8) is 0 Å². The fraction of sp³-hybridized carbons (Fsp3) is 0.538. The van der Waals surface area contributed by atoms with Gasteiger partial charge in [-0.3, -0.25) is 9.89 Å². The Hall–Kier alpha value is -1.65. The lowest BCUT2D eigenvalue weighted by Crippen LogP contribution is -2.39. The van der Waals surface area contributed by atoms with E-state index in [0.29, 0.717) is 13.0 Å². The maximum Gasteiger partial charge on any atom is 0.232 e. The number of hydrogen-bond acceptors (Lipinski definition) is 2. The molecular formula is C13H16FN3O. The van der Waals surface area contributed by atoms with Crippen LogP contribution in [-0.2, 0) is 11.2 Å². The minimum absolute atomic E-state index is 0.0310. The summed E-state index contributed by atoms with van der Waals surface area (Å²) in [6, 6.07) is 0. The predicted octanol–water partition coefficient (Wildman–Crippen LogP) is 1.92. The third kappa shape index (κ3) is 1.94. The Bertz CT molecular complexity index is 494. The van der Waals surface area contributed by atoms with Gasteiger partial charge in [0.2, 0.25) is 5.91 Å². The molecule has 0 bridgehead atoms. The minimum Gasteiger partial charge on any atom is -0.335 e. The number of hydrogen-bond donors (Lipinski definition) is 1. The van der Waals surface area contributed by atoms with Crippen molar-refractivity contribution in [3.8, 4) is 0 Å². The normalized spacial score (nSPS) is 23.5. The molecule has 1 aliphatic carbocycles. The topological polar surface area (TPSA) is 49.0 Å². The van der Waals surface area contributed by atoms with E-state index in [1.54, 1.807) is 17.2 Å². The minimum atomic E-state index is -0.199. The average molecular weight is 249 g/mol. The van der Waals surface area contributed by atoms with Gasteiger partial charge in [0, 0.05) is 6.54 Å². The van der Waals surface area contributed by atoms with Crippen molar-refractivity contribution in [3.05, 3.63) is 29.4 Å². The van der Waals surface area contributed by atoms with Crippen molar-refractivity contribution in [2.75, 3.05) is 13.1 Å². The Morgan fingerprint density at radius 2 is 2.44 bits per heavy atom. The van der Waals surface area contributed by atoms with Crippen molar-refractivity contribution in [1.82, 2.24) is 15.1 Å². The van der Waals surface area contributed by atoms with Crippen molar-refractivity contribution in [2.24, 2.45) is 0 Å². The van der Waals surface area contributed by atoms with Crippen LogP contribution in [0.1, 0.15) is 36.4 Å². The molecule has 1 atom stereocenters. The first-order valence-electron chi connectivity index (χ1n) is 6.41. The van der Waals surface area contributed by atoms with E-state index in [2.05, 4.69) is 10.2 Å². The number of aromatic amines is 1. The lowest BCUT2D eigenvalue weighted by Gasteiger charge is -2.30. The van der Waals surface area contributed by atoms with Gasteiger partial charge in [-0.2, -0.15) is 5.10 Å². The summed E-state index contributed by atoms with van der Waals surface area (Å²) in [6.45, 7) is 0.741. The zero-order chi connectivity index (χ0) is 12.5. The number of rotatable bonds is 1. The molecule has 2 heterocycles. The molecular weight excluding hydrogens is 233 g/mol. The Morgan fingerprint density at radius 1 is 1.56 bits per heavy atom. The highest BCUT2D eigenvalue weighted by molar-refractivity contribution is 5.84. The lowest BCUT2D eigenvalue weighted by molar-refractivity contribution is -0.133. The van der Waals surface area contributed by atoms with Gasteiger partial charge >= 0.3 is 0 Å². The molecule has 1 unspecified atom stereocenters. The maximum atomic E-state index is 13.2. The quantitative estimate of drug-likeness (QED) is 0.826. The second kappa shape index (κ2) is 4.55. The van der Waals surface area contributed by atoms with Gasteiger partial charge in [-0.05, 0) is 37.3 Å². The number of nitrogens with zero attached hydrogens (tertiary/aromatic N) is 2. The first-order valence-corrected chi connectivity index (χ1v) is 6.41. The number of carbonyl (C=O) groups excluding carboxylic acids is 1. The Labute approximate surface area is 105 Å². The number of halogens is 1. The van der Waals surface area contributed by atoms with Crippen LogP contribution in [0, 0.1) is 0 Å². The Balaban J connectivity index is 1.80. The molecule has 0 radical (unpaired) electrons. The molecule has 5 heteroatoms. The molecule has 0 fully saturated rings. The first kappa shape index (κ1) is 11.4. The number of amides is 1. The molecule has 1 aromatic rings. The summed E-state index contributed by atoms with van der Waals surface area (Å²) < 4.78 is 13.2. The molecule has 4 nitrogen and oxygen atoms in total. The molecule has 1 amide bonds. The molecule has 0 saturated carbocycles. The number of H-pyrrole nitrogens is 1. The fourth-order valence-electron chi connectivity index (χ4n) is 2.82. The summed E-state index contributed by atoms with van der Waals surface area (Å²) >= 11 is 0. The smallest absolute Gasteiger partial charge is 0.232 e. The van der Waals surface area contributed by atoms with Gasteiger partial charge in [0.05, 0.1) is 24.4 Å². The van der Waals surface area contributed by atoms with Gasteiger partial charge in [-0.25, -0.2) is 4.39 Å². The number of carbonyl (C=O) groups is 1. The summed E-state index contributed by atoms with van der Waals surface area (Å²) in [4.78, 5) is 14.1. The molecule has 2 aliphatic rings. The highest BCUT2D eigenvalue weighted by Gasteiger charge is 2.32. The SMILES string of the molecule is O=C(C1CCCc2cn[nH]c21)N1CCC=C(F)C1. The average Bonchev–Trinajstić information content (AvgIpc) is 2.86. The number of aryl methyl sites for hydroxylation is 1. The van der Waals surface area contributed by atoms with Gasteiger partial charge in [0.25, 0.3) is 0 Å². The van der Waals surface area contributed by atoms with E-state index in [1.165, 1.54) is 0 Å². The summed E-state index contributed by atoms with van der Waals surface area (Å²) in [7, 11) is 0.